The summed E-state index contributed by atoms with van der Waals surface area (Å²) in [6, 6.07) is 0.562. The predicted molar refractivity (Wildman–Crippen MR) is 95.6 cm³/mol. The zero-order valence-corrected chi connectivity index (χ0v) is 15.3. The highest BCUT2D eigenvalue weighted by molar-refractivity contribution is 4.96. The van der Waals surface area contributed by atoms with Gasteiger partial charge in [0.05, 0.1) is 0 Å². The van der Waals surface area contributed by atoms with Crippen LogP contribution in [0, 0.1) is 11.3 Å². The summed E-state index contributed by atoms with van der Waals surface area (Å²) < 4.78 is 0. The molecule has 0 aromatic rings. The van der Waals surface area contributed by atoms with Crippen LogP contribution in [0.1, 0.15) is 59.8 Å². The molecule has 2 unspecified atom stereocenters. The Labute approximate surface area is 133 Å². The molecule has 0 aromatic carbocycles. The van der Waals surface area contributed by atoms with Gasteiger partial charge in [-0.25, -0.2) is 0 Å². The zero-order valence-electron chi connectivity index (χ0n) is 15.3. The topological polar surface area (TPSA) is 36.1 Å². The van der Waals surface area contributed by atoms with Gasteiger partial charge in [-0.3, -0.25) is 0 Å². The first-order valence-corrected chi connectivity index (χ1v) is 8.58. The maximum Gasteiger partial charge on any atom is 0.0190 e. The van der Waals surface area contributed by atoms with Crippen LogP contribution in [0.5, 0.6) is 0 Å². The van der Waals surface area contributed by atoms with E-state index in [0.29, 0.717) is 11.5 Å². The van der Waals surface area contributed by atoms with Crippen LogP contribution in [0.15, 0.2) is 12.3 Å². The van der Waals surface area contributed by atoms with Crippen LogP contribution in [0.3, 0.4) is 0 Å². The molecule has 3 heteroatoms. The highest BCUT2D eigenvalue weighted by atomic mass is 14.9. The third-order valence-electron chi connectivity index (χ3n) is 4.25. The molecule has 126 valence electrons. The van der Waals surface area contributed by atoms with Crippen LogP contribution in [-0.2, 0) is 0 Å². The number of hydrogen-bond acceptors (Lipinski definition) is 3. The van der Waals surface area contributed by atoms with E-state index in [1.807, 2.05) is 14.1 Å². The van der Waals surface area contributed by atoms with Crippen molar-refractivity contribution in [3.63, 3.8) is 0 Å². The van der Waals surface area contributed by atoms with Crippen molar-refractivity contribution in [2.24, 2.45) is 11.3 Å². The first-order valence-electron chi connectivity index (χ1n) is 8.58. The van der Waals surface area contributed by atoms with E-state index in [-0.39, 0.29) is 0 Å². The fraction of sp³-hybridized carbons (Fsp3) is 0.889. The zero-order chi connectivity index (χ0) is 16.3. The Bertz CT molecular complexity index is 274. The summed E-state index contributed by atoms with van der Waals surface area (Å²) >= 11 is 0. The van der Waals surface area contributed by atoms with Crippen molar-refractivity contribution in [3.8, 4) is 0 Å². The van der Waals surface area contributed by atoms with Crippen molar-refractivity contribution in [1.82, 2.24) is 16.0 Å². The summed E-state index contributed by atoms with van der Waals surface area (Å²) in [7, 11) is 4.04. The molecule has 0 heterocycles. The van der Waals surface area contributed by atoms with Gasteiger partial charge in [0.2, 0.25) is 0 Å². The van der Waals surface area contributed by atoms with Gasteiger partial charge >= 0.3 is 0 Å². The maximum absolute atomic E-state index is 4.21. The maximum atomic E-state index is 4.21. The molecule has 0 aliphatic carbocycles. The molecule has 0 aromatic heterocycles. The van der Waals surface area contributed by atoms with Gasteiger partial charge in [-0.2, -0.15) is 0 Å². The number of nitrogens with one attached hydrogen (secondary N) is 3. The number of hydrogen-bond donors (Lipinski definition) is 3. The summed E-state index contributed by atoms with van der Waals surface area (Å²) in [5.41, 5.74) is 1.54. The highest BCUT2D eigenvalue weighted by Gasteiger charge is 2.21. The van der Waals surface area contributed by atoms with Crippen molar-refractivity contribution in [1.29, 1.82) is 0 Å². The summed E-state index contributed by atoms with van der Waals surface area (Å²) in [4.78, 5) is 0. The van der Waals surface area contributed by atoms with Crippen LogP contribution in [-0.4, -0.2) is 33.2 Å². The third-order valence-corrected chi connectivity index (χ3v) is 4.25. The van der Waals surface area contributed by atoms with E-state index in [2.05, 4.69) is 50.2 Å². The molecule has 3 N–H and O–H groups in total. The van der Waals surface area contributed by atoms with Gasteiger partial charge in [0.25, 0.3) is 0 Å². The molecule has 0 saturated heterocycles. The lowest BCUT2D eigenvalue weighted by Crippen LogP contribution is -2.35. The van der Waals surface area contributed by atoms with E-state index in [0.717, 1.165) is 25.4 Å². The Morgan fingerprint density at radius 3 is 2.43 bits per heavy atom. The van der Waals surface area contributed by atoms with E-state index in [4.69, 9.17) is 0 Å². The van der Waals surface area contributed by atoms with Crippen molar-refractivity contribution >= 4 is 0 Å². The van der Waals surface area contributed by atoms with Crippen LogP contribution >= 0.6 is 0 Å². The van der Waals surface area contributed by atoms with Crippen LogP contribution in [0.4, 0.5) is 0 Å². The minimum absolute atomic E-state index is 0.346. The standard InChI is InChI=1S/C18H39N3/c1-8-15(2)12-18(4,5)13-16(3)21-11-9-10-17(20-7)14-19-6/h15,17,19-21H,3,8-14H2,1-2,4-7H3. The summed E-state index contributed by atoms with van der Waals surface area (Å²) in [5, 5.41) is 10.1. The highest BCUT2D eigenvalue weighted by Crippen LogP contribution is 2.32. The van der Waals surface area contributed by atoms with Crippen molar-refractivity contribution in [2.45, 2.75) is 65.8 Å². The molecule has 2 atom stereocenters. The van der Waals surface area contributed by atoms with Gasteiger partial charge in [-0.1, -0.05) is 40.7 Å². The Hall–Kier alpha value is -0.540. The molecule has 0 aliphatic rings. The minimum atomic E-state index is 0.346. The molecule has 3 nitrogen and oxygen atoms in total. The average Bonchev–Trinajstić information content (AvgIpc) is 2.40. The predicted octanol–water partition coefficient (Wildman–Crippen LogP) is 3.53. The molecule has 21 heavy (non-hydrogen) atoms. The molecule has 0 aliphatic heterocycles. The monoisotopic (exact) mass is 297 g/mol. The number of allylic oxidation sites excluding steroid dienone is 1. The lowest BCUT2D eigenvalue weighted by atomic mass is 9.79. The average molecular weight is 298 g/mol. The van der Waals surface area contributed by atoms with Crippen molar-refractivity contribution in [3.05, 3.63) is 12.3 Å². The first-order chi connectivity index (χ1) is 9.84. The third kappa shape index (κ3) is 10.8. The molecule has 0 fully saturated rings. The van der Waals surface area contributed by atoms with Gasteiger partial charge < -0.3 is 16.0 Å². The smallest absolute Gasteiger partial charge is 0.0190 e. The summed E-state index contributed by atoms with van der Waals surface area (Å²) in [5.74, 6) is 0.797. The second kappa shape index (κ2) is 11.1. The van der Waals surface area contributed by atoms with Crippen LogP contribution in [0.25, 0.3) is 0 Å². The minimum Gasteiger partial charge on any atom is -0.389 e. The Balaban J connectivity index is 3.89. The van der Waals surface area contributed by atoms with Crippen molar-refractivity contribution < 1.29 is 0 Å². The molecular formula is C18H39N3. The Morgan fingerprint density at radius 1 is 1.24 bits per heavy atom. The molecular weight excluding hydrogens is 258 g/mol. The van der Waals surface area contributed by atoms with E-state index < -0.39 is 0 Å². The fourth-order valence-corrected chi connectivity index (χ4v) is 3.01. The molecule has 0 amide bonds. The summed E-state index contributed by atoms with van der Waals surface area (Å²) in [6.07, 6.45) is 5.98. The SMILES string of the molecule is C=C(CC(C)(C)CC(C)CC)NCCCC(CNC)NC. The van der Waals surface area contributed by atoms with Gasteiger partial charge in [-0.15, -0.1) is 0 Å². The normalized spacial score (nSPS) is 14.8. The number of likely N-dealkylation sites (N-methyl/N-ethyl adjacent to an activating group) is 2. The van der Waals surface area contributed by atoms with Gasteiger partial charge in [0.1, 0.15) is 0 Å². The number of rotatable bonds is 13. The fourth-order valence-electron chi connectivity index (χ4n) is 3.01. The van der Waals surface area contributed by atoms with Gasteiger partial charge in [0, 0.05) is 24.8 Å². The second-order valence-corrected chi connectivity index (χ2v) is 7.27. The van der Waals surface area contributed by atoms with Crippen LogP contribution in [0.2, 0.25) is 0 Å². The first kappa shape index (κ1) is 20.5. The molecule has 0 rings (SSSR count). The molecule has 0 saturated carbocycles. The molecule has 0 spiro atoms. The largest absolute Gasteiger partial charge is 0.389 e. The summed E-state index contributed by atoms with van der Waals surface area (Å²) in [6.45, 7) is 15.6. The quantitative estimate of drug-likeness (QED) is 0.455. The van der Waals surface area contributed by atoms with E-state index in [1.165, 1.54) is 31.4 Å². The lowest BCUT2D eigenvalue weighted by molar-refractivity contribution is 0.266. The van der Waals surface area contributed by atoms with Gasteiger partial charge in [-0.05, 0) is 51.1 Å². The van der Waals surface area contributed by atoms with Crippen molar-refractivity contribution in [2.75, 3.05) is 27.2 Å². The van der Waals surface area contributed by atoms with Gasteiger partial charge in [0.15, 0.2) is 0 Å². The van der Waals surface area contributed by atoms with E-state index in [1.54, 1.807) is 0 Å². The second-order valence-electron chi connectivity index (χ2n) is 7.27. The Morgan fingerprint density at radius 2 is 1.90 bits per heavy atom. The van der Waals surface area contributed by atoms with E-state index in [9.17, 15) is 0 Å². The molecule has 0 radical (unpaired) electrons. The lowest BCUT2D eigenvalue weighted by Gasteiger charge is -2.29. The molecule has 0 bridgehead atoms. The van der Waals surface area contributed by atoms with Crippen LogP contribution < -0.4 is 16.0 Å². The van der Waals surface area contributed by atoms with E-state index >= 15 is 0 Å². The Kier molecular flexibility index (Phi) is 10.8.